The third-order valence-corrected chi connectivity index (χ3v) is 1.67. The van der Waals surface area contributed by atoms with Gasteiger partial charge >= 0.3 is 0 Å². The van der Waals surface area contributed by atoms with Crippen molar-refractivity contribution < 1.29 is 9.90 Å². The highest BCUT2D eigenvalue weighted by Gasteiger charge is 2.10. The lowest BCUT2D eigenvalue weighted by atomic mass is 10.0. The number of benzene rings is 1. The molecule has 0 heterocycles. The van der Waals surface area contributed by atoms with E-state index in [4.69, 9.17) is 16.1 Å². The number of nitrogen functional groups attached to an aromatic ring is 1. The molecule has 4 nitrogen and oxygen atoms in total. The molecular formula is C9H8N2O2. The van der Waals surface area contributed by atoms with Gasteiger partial charge in [-0.15, -0.1) is 0 Å². The summed E-state index contributed by atoms with van der Waals surface area (Å²) >= 11 is 0. The molecule has 66 valence electrons. The Morgan fingerprint density at radius 3 is 2.69 bits per heavy atom. The van der Waals surface area contributed by atoms with Gasteiger partial charge in [-0.1, -0.05) is 0 Å². The summed E-state index contributed by atoms with van der Waals surface area (Å²) in [7, 11) is 0. The SMILES string of the molecule is CC(=O)c1cc(N)c(O)cc1C#N. The van der Waals surface area contributed by atoms with Gasteiger partial charge in [0, 0.05) is 11.6 Å². The second-order valence-corrected chi connectivity index (χ2v) is 2.62. The first-order valence-electron chi connectivity index (χ1n) is 3.59. The van der Waals surface area contributed by atoms with Gasteiger partial charge in [-0.3, -0.25) is 4.79 Å². The van der Waals surface area contributed by atoms with Gasteiger partial charge in [0.2, 0.25) is 0 Å². The van der Waals surface area contributed by atoms with Gasteiger partial charge in [0.1, 0.15) is 11.8 Å². The van der Waals surface area contributed by atoms with Crippen LogP contribution in [0.15, 0.2) is 12.1 Å². The Balaban J connectivity index is 3.44. The Morgan fingerprint density at radius 2 is 2.23 bits per heavy atom. The van der Waals surface area contributed by atoms with Crippen molar-refractivity contribution in [3.8, 4) is 11.8 Å². The zero-order chi connectivity index (χ0) is 10.0. The lowest BCUT2D eigenvalue weighted by Gasteiger charge is -2.03. The van der Waals surface area contributed by atoms with E-state index in [9.17, 15) is 4.79 Å². The number of nitrogens with two attached hydrogens (primary N) is 1. The van der Waals surface area contributed by atoms with Crippen molar-refractivity contribution in [3.63, 3.8) is 0 Å². The number of nitrogens with zero attached hydrogens (tertiary/aromatic N) is 1. The van der Waals surface area contributed by atoms with Crippen molar-refractivity contribution >= 4 is 11.5 Å². The molecule has 0 atom stereocenters. The number of hydrogen-bond donors (Lipinski definition) is 2. The van der Waals surface area contributed by atoms with Crippen molar-refractivity contribution in [1.29, 1.82) is 5.26 Å². The highest BCUT2D eigenvalue weighted by Crippen LogP contribution is 2.24. The van der Waals surface area contributed by atoms with E-state index in [0.29, 0.717) is 0 Å². The van der Waals surface area contributed by atoms with Crippen LogP contribution in [0.4, 0.5) is 5.69 Å². The van der Waals surface area contributed by atoms with Crippen molar-refractivity contribution in [2.45, 2.75) is 6.92 Å². The number of carbonyl (C=O) groups is 1. The van der Waals surface area contributed by atoms with Crippen LogP contribution in [0.1, 0.15) is 22.8 Å². The van der Waals surface area contributed by atoms with Crippen LogP contribution in [-0.4, -0.2) is 10.9 Å². The van der Waals surface area contributed by atoms with Crippen molar-refractivity contribution in [2.75, 3.05) is 5.73 Å². The second-order valence-electron chi connectivity index (χ2n) is 2.62. The minimum atomic E-state index is -0.247. The molecule has 0 spiro atoms. The van der Waals surface area contributed by atoms with Crippen LogP contribution in [0.2, 0.25) is 0 Å². The molecule has 0 saturated carbocycles. The Labute approximate surface area is 75.2 Å². The molecule has 4 heteroatoms. The minimum absolute atomic E-state index is 0.101. The summed E-state index contributed by atoms with van der Waals surface area (Å²) in [5.74, 6) is -0.426. The Hall–Kier alpha value is -2.02. The van der Waals surface area contributed by atoms with Gasteiger partial charge in [-0.05, 0) is 13.0 Å². The van der Waals surface area contributed by atoms with Crippen LogP contribution in [-0.2, 0) is 0 Å². The van der Waals surface area contributed by atoms with Gasteiger partial charge in [0.25, 0.3) is 0 Å². The summed E-state index contributed by atoms with van der Waals surface area (Å²) in [6.07, 6.45) is 0. The molecule has 0 fully saturated rings. The van der Waals surface area contributed by atoms with Gasteiger partial charge in [0.05, 0.1) is 11.3 Å². The predicted octanol–water partition coefficient (Wildman–Crippen LogP) is 1.05. The van der Waals surface area contributed by atoms with E-state index in [1.165, 1.54) is 19.1 Å². The van der Waals surface area contributed by atoms with Crippen LogP contribution >= 0.6 is 0 Å². The zero-order valence-electron chi connectivity index (χ0n) is 7.03. The molecule has 0 bridgehead atoms. The lowest BCUT2D eigenvalue weighted by Crippen LogP contribution is -1.99. The molecule has 0 saturated heterocycles. The molecule has 0 unspecified atom stereocenters. The first-order chi connectivity index (χ1) is 6.06. The van der Waals surface area contributed by atoms with Gasteiger partial charge in [-0.25, -0.2) is 0 Å². The maximum Gasteiger partial charge on any atom is 0.161 e. The molecule has 0 aliphatic rings. The molecule has 0 aliphatic carbocycles. The molecule has 0 aromatic heterocycles. The van der Waals surface area contributed by atoms with Crippen LogP contribution in [0.25, 0.3) is 0 Å². The van der Waals surface area contributed by atoms with Crippen molar-refractivity contribution in [2.24, 2.45) is 0 Å². The average Bonchev–Trinajstić information content (AvgIpc) is 2.08. The zero-order valence-corrected chi connectivity index (χ0v) is 7.03. The van der Waals surface area contributed by atoms with Crippen molar-refractivity contribution in [1.82, 2.24) is 0 Å². The molecular weight excluding hydrogens is 168 g/mol. The lowest BCUT2D eigenvalue weighted by molar-refractivity contribution is 0.101. The van der Waals surface area contributed by atoms with E-state index in [1.807, 2.05) is 6.07 Å². The van der Waals surface area contributed by atoms with E-state index in [-0.39, 0.29) is 28.3 Å². The molecule has 3 N–H and O–H groups in total. The molecule has 0 radical (unpaired) electrons. The fourth-order valence-electron chi connectivity index (χ4n) is 0.989. The normalized spacial score (nSPS) is 9.23. The molecule has 13 heavy (non-hydrogen) atoms. The van der Waals surface area contributed by atoms with E-state index in [0.717, 1.165) is 0 Å². The molecule has 1 aromatic carbocycles. The largest absolute Gasteiger partial charge is 0.506 e. The van der Waals surface area contributed by atoms with Crippen LogP contribution in [0, 0.1) is 11.3 Å². The number of carbonyl (C=O) groups excluding carboxylic acids is 1. The topological polar surface area (TPSA) is 87.1 Å². The number of ketones is 1. The highest BCUT2D eigenvalue weighted by atomic mass is 16.3. The van der Waals surface area contributed by atoms with E-state index in [2.05, 4.69) is 0 Å². The molecule has 0 amide bonds. The summed E-state index contributed by atoms with van der Waals surface area (Å²) in [6.45, 7) is 1.34. The second kappa shape index (κ2) is 3.15. The molecule has 1 aromatic rings. The van der Waals surface area contributed by atoms with Gasteiger partial charge in [-0.2, -0.15) is 5.26 Å². The first-order valence-corrected chi connectivity index (χ1v) is 3.59. The summed E-state index contributed by atoms with van der Waals surface area (Å²) < 4.78 is 0. The number of nitriles is 1. The maximum atomic E-state index is 11.0. The standard InChI is InChI=1S/C9H8N2O2/c1-5(12)7-3-8(11)9(13)2-6(7)4-10/h2-3,13H,11H2,1H3. The number of Topliss-reactive ketones (excluding diaryl/α,β-unsaturated/α-hetero) is 1. The number of phenols is 1. The smallest absolute Gasteiger partial charge is 0.161 e. The van der Waals surface area contributed by atoms with Gasteiger partial charge in [0.15, 0.2) is 5.78 Å². The highest BCUT2D eigenvalue weighted by molar-refractivity contribution is 5.97. The number of anilines is 1. The summed E-state index contributed by atoms with van der Waals surface area (Å²) in [5, 5.41) is 17.8. The minimum Gasteiger partial charge on any atom is -0.506 e. The number of hydrogen-bond acceptors (Lipinski definition) is 4. The van der Waals surface area contributed by atoms with Crippen LogP contribution < -0.4 is 5.73 Å². The molecule has 0 aliphatic heterocycles. The predicted molar refractivity (Wildman–Crippen MR) is 47.2 cm³/mol. The summed E-state index contributed by atoms with van der Waals surface area (Å²) in [5.41, 5.74) is 5.84. The fraction of sp³-hybridized carbons (Fsp3) is 0.111. The van der Waals surface area contributed by atoms with E-state index >= 15 is 0 Å². The van der Waals surface area contributed by atoms with Crippen molar-refractivity contribution in [3.05, 3.63) is 23.3 Å². The third kappa shape index (κ3) is 1.59. The number of phenolic OH excluding ortho intramolecular Hbond substituents is 1. The Bertz CT molecular complexity index is 405. The Morgan fingerprint density at radius 1 is 1.62 bits per heavy atom. The quantitative estimate of drug-likeness (QED) is 0.380. The number of aromatic hydroxyl groups is 1. The fourth-order valence-corrected chi connectivity index (χ4v) is 0.989. The average molecular weight is 176 g/mol. The van der Waals surface area contributed by atoms with E-state index in [1.54, 1.807) is 0 Å². The third-order valence-electron chi connectivity index (χ3n) is 1.67. The molecule has 1 rings (SSSR count). The van der Waals surface area contributed by atoms with Crippen LogP contribution in [0.5, 0.6) is 5.75 Å². The maximum absolute atomic E-state index is 11.0. The van der Waals surface area contributed by atoms with Crippen LogP contribution in [0.3, 0.4) is 0 Å². The Kier molecular flexibility index (Phi) is 2.20. The van der Waals surface area contributed by atoms with Gasteiger partial charge < -0.3 is 10.8 Å². The monoisotopic (exact) mass is 176 g/mol. The summed E-state index contributed by atoms with van der Waals surface area (Å²) in [6, 6.07) is 4.30. The van der Waals surface area contributed by atoms with E-state index < -0.39 is 0 Å². The first kappa shape index (κ1) is 9.07. The number of rotatable bonds is 1. The summed E-state index contributed by atoms with van der Waals surface area (Å²) in [4.78, 5) is 11.0.